The molecule has 1 aromatic carbocycles. The average molecular weight is 506 g/mol. The van der Waals surface area contributed by atoms with E-state index in [9.17, 15) is 12.8 Å². The van der Waals surface area contributed by atoms with Gasteiger partial charge in [-0.05, 0) is 43.9 Å². The highest BCUT2D eigenvalue weighted by Crippen LogP contribution is 2.45. The molecule has 0 spiro atoms. The molecule has 0 aliphatic carbocycles. The number of benzene rings is 1. The number of ether oxygens (including phenoxy) is 1. The first-order valence-electron chi connectivity index (χ1n) is 11.4. The maximum Gasteiger partial charge on any atom is 0.261 e. The fraction of sp³-hybridized carbons (Fsp3) is 0.478. The molecule has 12 heteroatoms. The summed E-state index contributed by atoms with van der Waals surface area (Å²) in [5.41, 5.74) is 0. The Morgan fingerprint density at radius 2 is 1.86 bits per heavy atom. The van der Waals surface area contributed by atoms with Crippen LogP contribution in [-0.4, -0.2) is 46.9 Å². The summed E-state index contributed by atoms with van der Waals surface area (Å²) < 4.78 is 64.1. The van der Waals surface area contributed by atoms with Gasteiger partial charge in [-0.25, -0.2) is 17.8 Å². The fourth-order valence-corrected chi connectivity index (χ4v) is 5.50. The molecule has 35 heavy (non-hydrogen) atoms. The number of anilines is 1. The van der Waals surface area contributed by atoms with Crippen LogP contribution >= 0.6 is 0 Å². The molecule has 2 unspecified atom stereocenters. The predicted octanol–water partition coefficient (Wildman–Crippen LogP) is 4.37. The van der Waals surface area contributed by atoms with E-state index in [1.807, 2.05) is 18.7 Å². The highest BCUT2D eigenvalue weighted by Gasteiger charge is 2.44. The van der Waals surface area contributed by atoms with Crippen molar-refractivity contribution in [1.82, 2.24) is 20.1 Å². The summed E-state index contributed by atoms with van der Waals surface area (Å²) in [6, 6.07) is 3.21. The molecule has 5 rings (SSSR count). The molecule has 2 aromatic heterocycles. The minimum Gasteiger partial charge on any atom is -0.433 e. The van der Waals surface area contributed by atoms with Crippen LogP contribution in [0.1, 0.15) is 63.1 Å². The molecular formula is C23H25F2N5O4S. The molecule has 9 nitrogen and oxygen atoms in total. The van der Waals surface area contributed by atoms with E-state index >= 15 is 4.39 Å². The fourth-order valence-electron chi connectivity index (χ4n) is 4.87. The third-order valence-electron chi connectivity index (χ3n) is 6.58. The van der Waals surface area contributed by atoms with E-state index in [0.717, 1.165) is 44.1 Å². The van der Waals surface area contributed by atoms with Gasteiger partial charge >= 0.3 is 0 Å². The van der Waals surface area contributed by atoms with Gasteiger partial charge in [0.15, 0.2) is 33.0 Å². The Kier molecular flexibility index (Phi) is 5.94. The summed E-state index contributed by atoms with van der Waals surface area (Å²) in [4.78, 5) is 14.3. The van der Waals surface area contributed by atoms with Gasteiger partial charge in [-0.1, -0.05) is 19.0 Å². The molecule has 2 aliphatic rings. The van der Waals surface area contributed by atoms with Crippen LogP contribution in [0.5, 0.6) is 11.6 Å². The number of sulfone groups is 1. The number of halogens is 2. The van der Waals surface area contributed by atoms with Gasteiger partial charge in [0.1, 0.15) is 6.33 Å². The first-order chi connectivity index (χ1) is 16.6. The van der Waals surface area contributed by atoms with Gasteiger partial charge in [0.2, 0.25) is 11.7 Å². The van der Waals surface area contributed by atoms with Crippen LogP contribution in [0.15, 0.2) is 33.9 Å². The van der Waals surface area contributed by atoms with E-state index in [-0.39, 0.29) is 40.4 Å². The number of aromatic nitrogens is 4. The smallest absolute Gasteiger partial charge is 0.261 e. The topological polar surface area (TPSA) is 111 Å². The highest BCUT2D eigenvalue weighted by atomic mass is 32.2. The van der Waals surface area contributed by atoms with Crippen LogP contribution in [-0.2, 0) is 9.84 Å². The van der Waals surface area contributed by atoms with Crippen LogP contribution in [0.2, 0.25) is 0 Å². The predicted molar refractivity (Wildman–Crippen MR) is 121 cm³/mol. The molecule has 0 amide bonds. The molecule has 186 valence electrons. The lowest BCUT2D eigenvalue weighted by molar-refractivity contribution is 0.302. The zero-order valence-electron chi connectivity index (χ0n) is 19.5. The maximum absolute atomic E-state index is 15.5. The number of rotatable bonds is 6. The van der Waals surface area contributed by atoms with Gasteiger partial charge in [-0.15, -0.1) is 0 Å². The molecule has 0 radical (unpaired) electrons. The lowest BCUT2D eigenvalue weighted by atomic mass is 9.90. The molecule has 0 N–H and O–H groups in total. The standard InChI is InChI=1S/C23H25F2N5O4S/c1-12(2)20-28-22(34-29-20)13-8-14-4-5-15(9-13)30(14)21-19(25)23(27-11-26-21)33-18-7-6-16(10-17(18)24)35(3,31)32/h6-7,10-15H,4-5,8-9H2,1-3H3. The largest absolute Gasteiger partial charge is 0.433 e. The monoisotopic (exact) mass is 505 g/mol. The lowest BCUT2D eigenvalue weighted by Crippen LogP contribution is -2.43. The minimum absolute atomic E-state index is 0.0242. The van der Waals surface area contributed by atoms with E-state index in [1.165, 1.54) is 12.4 Å². The Bertz CT molecular complexity index is 1350. The molecule has 2 atom stereocenters. The number of nitrogens with zero attached hydrogens (tertiary/aromatic N) is 5. The highest BCUT2D eigenvalue weighted by molar-refractivity contribution is 7.90. The van der Waals surface area contributed by atoms with Crippen LogP contribution in [0.3, 0.4) is 0 Å². The van der Waals surface area contributed by atoms with Crippen molar-refractivity contribution < 1.29 is 26.5 Å². The van der Waals surface area contributed by atoms with Crippen molar-refractivity contribution in [2.75, 3.05) is 11.2 Å². The summed E-state index contributed by atoms with van der Waals surface area (Å²) in [5.74, 6) is -0.843. The number of hydrogen-bond donors (Lipinski definition) is 0. The molecule has 2 bridgehead atoms. The van der Waals surface area contributed by atoms with Crippen molar-refractivity contribution in [2.24, 2.45) is 0 Å². The number of fused-ring (bicyclic) bond motifs is 2. The van der Waals surface area contributed by atoms with E-state index in [0.29, 0.717) is 11.7 Å². The molecule has 4 heterocycles. The van der Waals surface area contributed by atoms with Gasteiger partial charge in [0.05, 0.1) is 4.90 Å². The Morgan fingerprint density at radius 1 is 1.14 bits per heavy atom. The van der Waals surface area contributed by atoms with Crippen molar-refractivity contribution in [3.05, 3.63) is 47.9 Å². The minimum atomic E-state index is -3.59. The Morgan fingerprint density at radius 3 is 2.46 bits per heavy atom. The molecule has 3 aromatic rings. The van der Waals surface area contributed by atoms with Gasteiger partial charge in [-0.3, -0.25) is 0 Å². The molecule has 2 saturated heterocycles. The summed E-state index contributed by atoms with van der Waals surface area (Å²) in [6.07, 6.45) is 5.32. The molecule has 0 saturated carbocycles. The van der Waals surface area contributed by atoms with Crippen LogP contribution in [0.25, 0.3) is 0 Å². The van der Waals surface area contributed by atoms with Crippen molar-refractivity contribution in [1.29, 1.82) is 0 Å². The van der Waals surface area contributed by atoms with Gasteiger partial charge in [0.25, 0.3) is 5.88 Å². The van der Waals surface area contributed by atoms with Crippen molar-refractivity contribution >= 4 is 15.7 Å². The second-order valence-electron chi connectivity index (χ2n) is 9.39. The first kappa shape index (κ1) is 23.6. The number of hydrogen-bond acceptors (Lipinski definition) is 9. The van der Waals surface area contributed by atoms with E-state index in [1.54, 1.807) is 0 Å². The van der Waals surface area contributed by atoms with E-state index in [4.69, 9.17) is 9.26 Å². The second kappa shape index (κ2) is 8.81. The third kappa shape index (κ3) is 4.46. The average Bonchev–Trinajstić information content (AvgIpc) is 3.39. The van der Waals surface area contributed by atoms with Crippen molar-refractivity contribution in [2.45, 2.75) is 68.3 Å². The molecule has 2 aliphatic heterocycles. The molecule has 2 fully saturated rings. The Balaban J connectivity index is 1.37. The quantitative estimate of drug-likeness (QED) is 0.482. The summed E-state index contributed by atoms with van der Waals surface area (Å²) in [6.45, 7) is 4.01. The third-order valence-corrected chi connectivity index (χ3v) is 7.69. The SMILES string of the molecule is CC(C)c1noc(C2CC3CCC(C2)N3c2ncnc(Oc3ccc(S(C)(=O)=O)cc3F)c2F)n1. The first-order valence-corrected chi connectivity index (χ1v) is 13.3. The van der Waals surface area contributed by atoms with Crippen molar-refractivity contribution in [3.8, 4) is 11.6 Å². The van der Waals surface area contributed by atoms with Gasteiger partial charge < -0.3 is 14.2 Å². The van der Waals surface area contributed by atoms with E-state index in [2.05, 4.69) is 20.1 Å². The zero-order chi connectivity index (χ0) is 24.9. The van der Waals surface area contributed by atoms with Crippen LogP contribution in [0.4, 0.5) is 14.6 Å². The summed E-state index contributed by atoms with van der Waals surface area (Å²) in [5, 5.41) is 4.07. The lowest BCUT2D eigenvalue weighted by Gasteiger charge is -2.38. The van der Waals surface area contributed by atoms with Gasteiger partial charge in [-0.2, -0.15) is 14.4 Å². The van der Waals surface area contributed by atoms with Gasteiger partial charge in [0, 0.05) is 30.2 Å². The summed E-state index contributed by atoms with van der Waals surface area (Å²) in [7, 11) is -3.59. The second-order valence-corrected chi connectivity index (χ2v) is 11.4. The van der Waals surface area contributed by atoms with Crippen LogP contribution in [0, 0.1) is 11.6 Å². The molecular weight excluding hydrogens is 480 g/mol. The zero-order valence-corrected chi connectivity index (χ0v) is 20.3. The van der Waals surface area contributed by atoms with Crippen LogP contribution < -0.4 is 9.64 Å². The summed E-state index contributed by atoms with van der Waals surface area (Å²) >= 11 is 0. The van der Waals surface area contributed by atoms with E-state index < -0.39 is 27.4 Å². The Hall–Kier alpha value is -3.15. The number of piperidine rings is 1. The Labute approximate surface area is 201 Å². The maximum atomic E-state index is 15.5. The normalized spacial score (nSPS) is 22.1. The van der Waals surface area contributed by atoms with Crippen molar-refractivity contribution in [3.63, 3.8) is 0 Å².